The quantitative estimate of drug-likeness (QED) is 0.449. The zero-order valence-corrected chi connectivity index (χ0v) is 20.3. The minimum atomic E-state index is -0.306. The number of piperidine rings is 1. The van der Waals surface area contributed by atoms with Gasteiger partial charge in [0.2, 0.25) is 0 Å². The van der Waals surface area contributed by atoms with Gasteiger partial charge in [-0.2, -0.15) is 10.4 Å². The topological polar surface area (TPSA) is 117 Å². The molecule has 2 aromatic carbocycles. The lowest BCUT2D eigenvalue weighted by atomic mass is 9.89. The Bertz CT molecular complexity index is 1470. The number of aryl methyl sites for hydroxylation is 1. The molecule has 0 aliphatic carbocycles. The van der Waals surface area contributed by atoms with Crippen LogP contribution in [0.15, 0.2) is 73.4 Å². The van der Waals surface area contributed by atoms with Crippen LogP contribution >= 0.6 is 0 Å². The van der Waals surface area contributed by atoms with Crippen LogP contribution in [0.4, 0.5) is 5.69 Å². The van der Waals surface area contributed by atoms with E-state index in [0.717, 1.165) is 18.4 Å². The van der Waals surface area contributed by atoms with Crippen LogP contribution in [0.5, 0.6) is 0 Å². The maximum absolute atomic E-state index is 13.3. The van der Waals surface area contributed by atoms with E-state index in [0.29, 0.717) is 47.2 Å². The van der Waals surface area contributed by atoms with E-state index in [1.54, 1.807) is 30.5 Å². The number of carbonyl (C=O) groups excluding carboxylic acids is 2. The summed E-state index contributed by atoms with van der Waals surface area (Å²) in [6, 6.07) is 18.5. The fourth-order valence-electron chi connectivity index (χ4n) is 4.52. The molecule has 0 radical (unpaired) electrons. The van der Waals surface area contributed by atoms with Crippen LogP contribution in [0.1, 0.15) is 56.2 Å². The summed E-state index contributed by atoms with van der Waals surface area (Å²) < 4.78 is 1.48. The Balaban J connectivity index is 1.25. The van der Waals surface area contributed by atoms with Crippen molar-refractivity contribution in [2.24, 2.45) is 0 Å². The van der Waals surface area contributed by atoms with Crippen LogP contribution in [-0.2, 0) is 0 Å². The third kappa shape index (κ3) is 5.23. The van der Waals surface area contributed by atoms with Gasteiger partial charge in [0.1, 0.15) is 12.7 Å². The highest BCUT2D eigenvalue weighted by molar-refractivity contribution is 6.05. The van der Waals surface area contributed by atoms with Gasteiger partial charge in [0.25, 0.3) is 11.8 Å². The first kappa shape index (κ1) is 23.9. The lowest BCUT2D eigenvalue weighted by Gasteiger charge is -2.32. The Hall–Kier alpha value is -4.84. The van der Waals surface area contributed by atoms with E-state index in [2.05, 4.69) is 26.5 Å². The molecule has 184 valence electrons. The highest BCUT2D eigenvalue weighted by Gasteiger charge is 2.25. The van der Waals surface area contributed by atoms with Gasteiger partial charge in [0.15, 0.2) is 5.82 Å². The van der Waals surface area contributed by atoms with Gasteiger partial charge in [0.05, 0.1) is 11.6 Å². The second-order valence-corrected chi connectivity index (χ2v) is 9.03. The van der Waals surface area contributed by atoms with E-state index in [9.17, 15) is 9.59 Å². The summed E-state index contributed by atoms with van der Waals surface area (Å²) in [5.41, 5.74) is 4.25. The molecule has 5 rings (SSSR count). The third-order valence-corrected chi connectivity index (χ3v) is 6.69. The van der Waals surface area contributed by atoms with E-state index in [1.807, 2.05) is 42.2 Å². The number of hydrogen-bond donors (Lipinski definition) is 1. The van der Waals surface area contributed by atoms with Gasteiger partial charge in [0, 0.05) is 36.1 Å². The van der Waals surface area contributed by atoms with Gasteiger partial charge in [-0.25, -0.2) is 14.6 Å². The zero-order chi connectivity index (χ0) is 25.8. The van der Waals surface area contributed by atoms with Crippen molar-refractivity contribution in [1.29, 1.82) is 5.26 Å². The number of nitriles is 1. The maximum Gasteiger partial charge on any atom is 0.255 e. The first-order chi connectivity index (χ1) is 18.0. The average molecular weight is 492 g/mol. The number of nitrogens with one attached hydrogen (secondary N) is 1. The Morgan fingerprint density at radius 3 is 2.51 bits per heavy atom. The summed E-state index contributed by atoms with van der Waals surface area (Å²) >= 11 is 0. The first-order valence-corrected chi connectivity index (χ1v) is 12.0. The second-order valence-electron chi connectivity index (χ2n) is 9.03. The molecule has 1 fully saturated rings. The van der Waals surface area contributed by atoms with Crippen LogP contribution in [0.2, 0.25) is 0 Å². The van der Waals surface area contributed by atoms with E-state index < -0.39 is 0 Å². The van der Waals surface area contributed by atoms with Crippen molar-refractivity contribution < 1.29 is 9.59 Å². The monoisotopic (exact) mass is 491 g/mol. The molecule has 1 aliphatic rings. The lowest BCUT2D eigenvalue weighted by Crippen LogP contribution is -2.38. The number of rotatable bonds is 5. The fourth-order valence-corrected chi connectivity index (χ4v) is 4.52. The van der Waals surface area contributed by atoms with E-state index in [1.165, 1.54) is 22.9 Å². The number of benzene rings is 2. The number of aromatic nitrogens is 4. The molecule has 2 aromatic heterocycles. The van der Waals surface area contributed by atoms with Gasteiger partial charge < -0.3 is 10.2 Å². The molecule has 3 heterocycles. The number of pyridine rings is 1. The molecule has 4 aromatic rings. The van der Waals surface area contributed by atoms with Gasteiger partial charge in [-0.1, -0.05) is 18.2 Å². The molecule has 1 saturated heterocycles. The van der Waals surface area contributed by atoms with Crippen LogP contribution in [-0.4, -0.2) is 49.6 Å². The van der Waals surface area contributed by atoms with Crippen LogP contribution in [0, 0.1) is 18.3 Å². The molecular weight excluding hydrogens is 466 g/mol. The Morgan fingerprint density at radius 1 is 1.03 bits per heavy atom. The van der Waals surface area contributed by atoms with E-state index in [4.69, 9.17) is 5.26 Å². The first-order valence-electron chi connectivity index (χ1n) is 12.0. The van der Waals surface area contributed by atoms with Crippen molar-refractivity contribution in [3.8, 4) is 11.9 Å². The molecule has 2 amide bonds. The number of likely N-dealkylation sites (tertiary alicyclic amines) is 1. The van der Waals surface area contributed by atoms with Crippen molar-refractivity contribution in [2.75, 3.05) is 18.4 Å². The van der Waals surface area contributed by atoms with Crippen molar-refractivity contribution in [2.45, 2.75) is 25.7 Å². The summed E-state index contributed by atoms with van der Waals surface area (Å²) in [6.07, 6.45) is 6.18. The number of amides is 2. The molecule has 0 unspecified atom stereocenters. The molecule has 1 aliphatic heterocycles. The Morgan fingerprint density at radius 2 is 1.81 bits per heavy atom. The van der Waals surface area contributed by atoms with Crippen molar-refractivity contribution in [3.63, 3.8) is 0 Å². The van der Waals surface area contributed by atoms with Crippen molar-refractivity contribution in [3.05, 3.63) is 101 Å². The van der Waals surface area contributed by atoms with Crippen LogP contribution in [0.25, 0.3) is 5.82 Å². The van der Waals surface area contributed by atoms with Gasteiger partial charge in [-0.05, 0) is 73.2 Å². The number of nitrogens with zero attached hydrogens (tertiary/aromatic N) is 6. The summed E-state index contributed by atoms with van der Waals surface area (Å²) in [4.78, 5) is 36.3. The molecule has 1 N–H and O–H groups in total. The summed E-state index contributed by atoms with van der Waals surface area (Å²) in [5.74, 6) is 0.494. The predicted molar refractivity (Wildman–Crippen MR) is 137 cm³/mol. The summed E-state index contributed by atoms with van der Waals surface area (Å²) in [6.45, 7) is 3.20. The third-order valence-electron chi connectivity index (χ3n) is 6.69. The second kappa shape index (κ2) is 10.4. The van der Waals surface area contributed by atoms with Gasteiger partial charge in [-0.3, -0.25) is 9.59 Å². The molecular formula is C28H25N7O2. The van der Waals surface area contributed by atoms with Gasteiger partial charge in [-0.15, -0.1) is 0 Å². The highest BCUT2D eigenvalue weighted by Crippen LogP contribution is 2.29. The summed E-state index contributed by atoms with van der Waals surface area (Å²) in [5, 5.41) is 16.0. The molecule has 0 bridgehead atoms. The maximum atomic E-state index is 13.3. The number of carbonyl (C=O) groups is 2. The van der Waals surface area contributed by atoms with Crippen molar-refractivity contribution >= 4 is 17.5 Å². The smallest absolute Gasteiger partial charge is 0.255 e. The minimum Gasteiger partial charge on any atom is -0.339 e. The van der Waals surface area contributed by atoms with Crippen molar-refractivity contribution in [1.82, 2.24) is 24.6 Å². The van der Waals surface area contributed by atoms with Gasteiger partial charge >= 0.3 is 0 Å². The molecule has 9 heteroatoms. The SMILES string of the molecule is Cc1ccc(C(=O)N2CCC(c3ccc(C#N)cc3)CC2)cc1NC(=O)c1ccnc(-n2cncn2)c1. The highest BCUT2D eigenvalue weighted by atomic mass is 16.2. The normalized spacial score (nSPS) is 13.7. The molecule has 0 atom stereocenters. The zero-order valence-electron chi connectivity index (χ0n) is 20.3. The van der Waals surface area contributed by atoms with E-state index in [-0.39, 0.29) is 11.8 Å². The standard InChI is InChI=1S/C28H25N7O2/c1-19-2-5-24(28(37)34-12-9-22(10-13-34)21-6-3-20(16-29)4-7-21)14-25(19)33-27(36)23-8-11-31-26(15-23)35-18-30-17-32-35/h2-8,11,14-15,17-18,22H,9-10,12-13H2,1H3,(H,33,36). The summed E-state index contributed by atoms with van der Waals surface area (Å²) in [7, 11) is 0. The fraction of sp³-hybridized carbons (Fsp3) is 0.214. The van der Waals surface area contributed by atoms with Crippen LogP contribution < -0.4 is 5.32 Å². The van der Waals surface area contributed by atoms with E-state index >= 15 is 0 Å². The lowest BCUT2D eigenvalue weighted by molar-refractivity contribution is 0.0712. The minimum absolute atomic E-state index is 0.0499. The molecule has 0 saturated carbocycles. The molecule has 9 nitrogen and oxygen atoms in total. The Labute approximate surface area is 214 Å². The molecule has 0 spiro atoms. The average Bonchev–Trinajstić information content (AvgIpc) is 3.49. The van der Waals surface area contributed by atoms with Crippen LogP contribution in [0.3, 0.4) is 0 Å². The largest absolute Gasteiger partial charge is 0.339 e. The number of anilines is 1. The Kier molecular flexibility index (Phi) is 6.72. The predicted octanol–water partition coefficient (Wildman–Crippen LogP) is 4.11. The number of hydrogen-bond acceptors (Lipinski definition) is 6. The molecule has 37 heavy (non-hydrogen) atoms.